The average molecular weight is 417 g/mol. The molecule has 2 aliphatic rings. The van der Waals surface area contributed by atoms with Crippen molar-refractivity contribution in [3.8, 4) is 5.75 Å². The average Bonchev–Trinajstić information content (AvgIpc) is 2.97. The van der Waals surface area contributed by atoms with Gasteiger partial charge in [-0.25, -0.2) is 0 Å². The molecule has 0 radical (unpaired) electrons. The van der Waals surface area contributed by atoms with Crippen LogP contribution in [0.15, 0.2) is 18.2 Å². The monoisotopic (exact) mass is 416 g/mol. The third kappa shape index (κ3) is 6.45. The molecule has 1 aromatic carbocycles. The van der Waals surface area contributed by atoms with Gasteiger partial charge in [0.1, 0.15) is 5.75 Å². The number of amides is 3. The number of fused-ring (bicyclic) bond motifs is 1. The smallest absolute Gasteiger partial charge is 0.234 e. The van der Waals surface area contributed by atoms with Crippen molar-refractivity contribution < 1.29 is 19.1 Å². The van der Waals surface area contributed by atoms with Crippen LogP contribution < -0.4 is 15.4 Å². The van der Waals surface area contributed by atoms with E-state index in [1.165, 1.54) is 0 Å². The normalized spacial score (nSPS) is 17.0. The summed E-state index contributed by atoms with van der Waals surface area (Å²) in [6.07, 6.45) is 3.22. The van der Waals surface area contributed by atoms with E-state index >= 15 is 0 Å². The molecule has 2 N–H and O–H groups in total. The lowest BCUT2D eigenvalue weighted by Gasteiger charge is -2.22. The summed E-state index contributed by atoms with van der Waals surface area (Å²) in [5.41, 5.74) is 1.95. The van der Waals surface area contributed by atoms with Crippen LogP contribution in [0.5, 0.6) is 5.75 Å². The van der Waals surface area contributed by atoms with Crippen molar-refractivity contribution >= 4 is 23.4 Å². The lowest BCUT2D eigenvalue weighted by Crippen LogP contribution is -2.40. The van der Waals surface area contributed by atoms with Crippen molar-refractivity contribution in [2.75, 3.05) is 51.2 Å². The molecule has 1 aromatic rings. The molecule has 1 fully saturated rings. The zero-order valence-corrected chi connectivity index (χ0v) is 17.7. The van der Waals surface area contributed by atoms with Gasteiger partial charge in [0, 0.05) is 51.3 Å². The van der Waals surface area contributed by atoms with E-state index in [1.54, 1.807) is 0 Å². The van der Waals surface area contributed by atoms with Crippen molar-refractivity contribution in [1.29, 1.82) is 0 Å². The highest BCUT2D eigenvalue weighted by atomic mass is 16.5. The Labute approximate surface area is 177 Å². The first-order valence-corrected chi connectivity index (χ1v) is 10.9. The van der Waals surface area contributed by atoms with Gasteiger partial charge in [0.15, 0.2) is 0 Å². The van der Waals surface area contributed by atoms with Crippen LogP contribution in [0.4, 0.5) is 5.69 Å². The van der Waals surface area contributed by atoms with E-state index in [4.69, 9.17) is 4.74 Å². The fraction of sp³-hybridized carbons (Fsp3) is 0.591. The van der Waals surface area contributed by atoms with Crippen molar-refractivity contribution in [3.05, 3.63) is 23.8 Å². The maximum absolute atomic E-state index is 12.5. The Balaban J connectivity index is 1.36. The summed E-state index contributed by atoms with van der Waals surface area (Å²) in [6, 6.07) is 5.69. The topological polar surface area (TPSA) is 91.0 Å². The Morgan fingerprint density at radius 3 is 2.87 bits per heavy atom. The van der Waals surface area contributed by atoms with Crippen molar-refractivity contribution in [1.82, 2.24) is 15.1 Å². The summed E-state index contributed by atoms with van der Waals surface area (Å²) < 4.78 is 5.81. The molecule has 0 spiro atoms. The van der Waals surface area contributed by atoms with Crippen LogP contribution in [0.2, 0.25) is 0 Å². The van der Waals surface area contributed by atoms with Gasteiger partial charge in [-0.2, -0.15) is 0 Å². The van der Waals surface area contributed by atoms with E-state index in [0.29, 0.717) is 45.5 Å². The van der Waals surface area contributed by atoms with Gasteiger partial charge in [-0.1, -0.05) is 0 Å². The maximum atomic E-state index is 12.5. The van der Waals surface area contributed by atoms with Crippen LogP contribution >= 0.6 is 0 Å². The molecule has 0 aliphatic carbocycles. The minimum atomic E-state index is 0.0407. The lowest BCUT2D eigenvalue weighted by molar-refractivity contribution is -0.131. The van der Waals surface area contributed by atoms with E-state index in [0.717, 1.165) is 49.5 Å². The van der Waals surface area contributed by atoms with Crippen LogP contribution in [0.25, 0.3) is 0 Å². The zero-order valence-electron chi connectivity index (χ0n) is 17.7. The molecule has 0 atom stereocenters. The number of ether oxygens (including phenoxy) is 1. The highest BCUT2D eigenvalue weighted by Crippen LogP contribution is 2.26. The van der Waals surface area contributed by atoms with E-state index < -0.39 is 0 Å². The number of rotatable bonds is 8. The molecule has 30 heavy (non-hydrogen) atoms. The Morgan fingerprint density at radius 1 is 1.17 bits per heavy atom. The van der Waals surface area contributed by atoms with Gasteiger partial charge in [-0.05, 0) is 49.9 Å². The third-order valence-electron chi connectivity index (χ3n) is 5.46. The largest absolute Gasteiger partial charge is 0.494 e. The number of hydrogen-bond acceptors (Lipinski definition) is 5. The second-order valence-corrected chi connectivity index (χ2v) is 7.78. The molecule has 0 aromatic heterocycles. The molecule has 0 saturated carbocycles. The molecule has 0 bridgehead atoms. The number of carbonyl (C=O) groups excluding carboxylic acids is 3. The second kappa shape index (κ2) is 11.0. The molecule has 8 nitrogen and oxygen atoms in total. The highest BCUT2D eigenvalue weighted by Gasteiger charge is 2.20. The van der Waals surface area contributed by atoms with Crippen LogP contribution in [-0.2, 0) is 20.8 Å². The summed E-state index contributed by atoms with van der Waals surface area (Å²) >= 11 is 0. The first-order valence-electron chi connectivity index (χ1n) is 10.9. The van der Waals surface area contributed by atoms with Gasteiger partial charge in [-0.15, -0.1) is 0 Å². The van der Waals surface area contributed by atoms with Crippen molar-refractivity contribution in [2.45, 2.75) is 39.0 Å². The Morgan fingerprint density at radius 2 is 2.03 bits per heavy atom. The van der Waals surface area contributed by atoms with Crippen LogP contribution in [-0.4, -0.2) is 73.4 Å². The molecule has 2 heterocycles. The molecule has 1 saturated heterocycles. The van der Waals surface area contributed by atoms with Gasteiger partial charge in [0.25, 0.3) is 0 Å². The first kappa shape index (κ1) is 22.1. The number of benzene rings is 1. The standard InChI is InChI=1S/C22H32N4O4/c1-2-23-21(28)16-25-10-4-11-26(13-12-25)22(29)5-3-14-30-18-7-8-19-17(15-18)6-9-20(27)24-19/h7-8,15H,2-6,9-14,16H2,1H3,(H,23,28)(H,24,27). The van der Waals surface area contributed by atoms with E-state index in [2.05, 4.69) is 15.5 Å². The number of nitrogens with one attached hydrogen (secondary N) is 2. The van der Waals surface area contributed by atoms with Gasteiger partial charge < -0.3 is 20.3 Å². The lowest BCUT2D eigenvalue weighted by atomic mass is 10.0. The summed E-state index contributed by atoms with van der Waals surface area (Å²) in [4.78, 5) is 39.8. The zero-order chi connectivity index (χ0) is 21.3. The molecule has 164 valence electrons. The molecule has 8 heteroatoms. The molecule has 3 amide bonds. The number of anilines is 1. The summed E-state index contributed by atoms with van der Waals surface area (Å²) in [7, 11) is 0. The van der Waals surface area contributed by atoms with Crippen LogP contribution in [0, 0.1) is 0 Å². The predicted octanol–water partition coefficient (Wildman–Crippen LogP) is 1.40. The first-order chi connectivity index (χ1) is 14.5. The maximum Gasteiger partial charge on any atom is 0.234 e. The predicted molar refractivity (Wildman–Crippen MR) is 114 cm³/mol. The molecule has 3 rings (SSSR count). The molecular formula is C22H32N4O4. The minimum Gasteiger partial charge on any atom is -0.494 e. The fourth-order valence-corrected chi connectivity index (χ4v) is 3.86. The second-order valence-electron chi connectivity index (χ2n) is 7.78. The van der Waals surface area contributed by atoms with E-state index in [-0.39, 0.29) is 17.7 Å². The summed E-state index contributed by atoms with van der Waals surface area (Å²) in [5, 5.41) is 5.68. The Bertz CT molecular complexity index is 768. The summed E-state index contributed by atoms with van der Waals surface area (Å²) in [6.45, 7) is 6.39. The quantitative estimate of drug-likeness (QED) is 0.625. The molecule has 0 unspecified atom stereocenters. The fourth-order valence-electron chi connectivity index (χ4n) is 3.86. The number of likely N-dealkylation sites (N-methyl/N-ethyl adjacent to an activating group) is 1. The Kier molecular flexibility index (Phi) is 8.07. The summed E-state index contributed by atoms with van der Waals surface area (Å²) in [5.74, 6) is 1.01. The number of carbonyl (C=O) groups is 3. The van der Waals surface area contributed by atoms with E-state index in [9.17, 15) is 14.4 Å². The van der Waals surface area contributed by atoms with Crippen molar-refractivity contribution in [3.63, 3.8) is 0 Å². The van der Waals surface area contributed by atoms with Gasteiger partial charge in [0.05, 0.1) is 13.2 Å². The third-order valence-corrected chi connectivity index (χ3v) is 5.46. The minimum absolute atomic E-state index is 0.0407. The van der Waals surface area contributed by atoms with Crippen LogP contribution in [0.1, 0.15) is 38.2 Å². The molecule has 2 aliphatic heterocycles. The number of aryl methyl sites for hydroxylation is 1. The van der Waals surface area contributed by atoms with Gasteiger partial charge >= 0.3 is 0 Å². The molecular weight excluding hydrogens is 384 g/mol. The SMILES string of the molecule is CCNC(=O)CN1CCCN(C(=O)CCCOc2ccc3c(c2)CCC(=O)N3)CC1. The Hall–Kier alpha value is -2.61. The van der Waals surface area contributed by atoms with Crippen molar-refractivity contribution in [2.24, 2.45) is 0 Å². The van der Waals surface area contributed by atoms with Gasteiger partial charge in [-0.3, -0.25) is 19.3 Å². The van der Waals surface area contributed by atoms with Crippen LogP contribution in [0.3, 0.4) is 0 Å². The highest BCUT2D eigenvalue weighted by molar-refractivity contribution is 5.94. The number of hydrogen-bond donors (Lipinski definition) is 2. The van der Waals surface area contributed by atoms with E-state index in [1.807, 2.05) is 30.0 Å². The number of nitrogens with zero attached hydrogens (tertiary/aromatic N) is 2. The van der Waals surface area contributed by atoms with Gasteiger partial charge in [0.2, 0.25) is 17.7 Å².